The molecule has 0 aromatic heterocycles. The van der Waals surface area contributed by atoms with Crippen molar-refractivity contribution >= 4 is 0 Å². The van der Waals surface area contributed by atoms with Gasteiger partial charge < -0.3 is 10.5 Å². The zero-order chi connectivity index (χ0) is 14.7. The van der Waals surface area contributed by atoms with E-state index in [9.17, 15) is 4.39 Å². The van der Waals surface area contributed by atoms with E-state index in [0.717, 1.165) is 17.7 Å². The van der Waals surface area contributed by atoms with Crippen LogP contribution in [-0.2, 0) is 6.42 Å². The van der Waals surface area contributed by atoms with Gasteiger partial charge in [0.25, 0.3) is 0 Å². The van der Waals surface area contributed by atoms with Crippen LogP contribution in [0, 0.1) is 12.7 Å². The molecule has 0 saturated carbocycles. The predicted molar refractivity (Wildman–Crippen MR) is 79.6 cm³/mol. The van der Waals surface area contributed by atoms with Crippen molar-refractivity contribution in [3.05, 3.63) is 58.9 Å². The van der Waals surface area contributed by atoms with Gasteiger partial charge >= 0.3 is 0 Å². The van der Waals surface area contributed by atoms with Gasteiger partial charge in [-0.2, -0.15) is 0 Å². The van der Waals surface area contributed by atoms with Crippen molar-refractivity contribution in [1.82, 2.24) is 0 Å². The number of benzene rings is 2. The van der Waals surface area contributed by atoms with Crippen LogP contribution in [-0.4, -0.2) is 0 Å². The van der Waals surface area contributed by atoms with Crippen LogP contribution in [0.25, 0.3) is 0 Å². The molecular weight excluding hydrogens is 253 g/mol. The molecule has 2 aromatic rings. The van der Waals surface area contributed by atoms with Gasteiger partial charge in [-0.15, -0.1) is 0 Å². The van der Waals surface area contributed by atoms with Gasteiger partial charge in [-0.3, -0.25) is 0 Å². The Morgan fingerprint density at radius 1 is 1.20 bits per heavy atom. The SMILES string of the molecule is CCc1ccccc1Oc1cc(C)c(F)cc1C(C)N. The van der Waals surface area contributed by atoms with Crippen molar-refractivity contribution in [2.24, 2.45) is 5.73 Å². The zero-order valence-corrected chi connectivity index (χ0v) is 12.1. The summed E-state index contributed by atoms with van der Waals surface area (Å²) in [6.07, 6.45) is 0.879. The van der Waals surface area contributed by atoms with Crippen molar-refractivity contribution in [2.75, 3.05) is 0 Å². The Hall–Kier alpha value is -1.87. The van der Waals surface area contributed by atoms with E-state index in [4.69, 9.17) is 10.5 Å². The van der Waals surface area contributed by atoms with Gasteiger partial charge in [0.05, 0.1) is 0 Å². The lowest BCUT2D eigenvalue weighted by Crippen LogP contribution is -2.08. The average Bonchev–Trinajstić information content (AvgIpc) is 2.43. The average molecular weight is 273 g/mol. The van der Waals surface area contributed by atoms with Gasteiger partial charge in [-0.1, -0.05) is 25.1 Å². The summed E-state index contributed by atoms with van der Waals surface area (Å²) in [4.78, 5) is 0. The third-order valence-electron chi connectivity index (χ3n) is 3.36. The van der Waals surface area contributed by atoms with Crippen LogP contribution in [0.1, 0.15) is 36.6 Å². The molecule has 0 heterocycles. The summed E-state index contributed by atoms with van der Waals surface area (Å²) in [5.41, 5.74) is 8.26. The monoisotopic (exact) mass is 273 g/mol. The summed E-state index contributed by atoms with van der Waals surface area (Å²) >= 11 is 0. The smallest absolute Gasteiger partial charge is 0.132 e. The Bertz CT molecular complexity index is 608. The number of aryl methyl sites for hydroxylation is 2. The molecule has 0 aliphatic carbocycles. The zero-order valence-electron chi connectivity index (χ0n) is 12.1. The topological polar surface area (TPSA) is 35.2 Å². The van der Waals surface area contributed by atoms with Gasteiger partial charge in [0.2, 0.25) is 0 Å². The third kappa shape index (κ3) is 2.99. The van der Waals surface area contributed by atoms with Crippen molar-refractivity contribution in [3.63, 3.8) is 0 Å². The van der Waals surface area contributed by atoms with E-state index in [-0.39, 0.29) is 11.9 Å². The van der Waals surface area contributed by atoms with Crippen LogP contribution in [0.15, 0.2) is 36.4 Å². The maximum Gasteiger partial charge on any atom is 0.132 e. The molecule has 20 heavy (non-hydrogen) atoms. The lowest BCUT2D eigenvalue weighted by Gasteiger charge is -2.16. The van der Waals surface area contributed by atoms with Crippen LogP contribution < -0.4 is 10.5 Å². The molecule has 3 heteroatoms. The second-order valence-electron chi connectivity index (χ2n) is 4.99. The lowest BCUT2D eigenvalue weighted by molar-refractivity contribution is 0.463. The largest absolute Gasteiger partial charge is 0.457 e. The van der Waals surface area contributed by atoms with Gasteiger partial charge in [0.15, 0.2) is 0 Å². The Morgan fingerprint density at radius 3 is 2.55 bits per heavy atom. The second-order valence-corrected chi connectivity index (χ2v) is 4.99. The molecule has 0 aliphatic rings. The highest BCUT2D eigenvalue weighted by Crippen LogP contribution is 2.32. The van der Waals surface area contributed by atoms with Crippen LogP contribution in [0.5, 0.6) is 11.5 Å². The van der Waals surface area contributed by atoms with Gasteiger partial charge in [0, 0.05) is 11.6 Å². The Kier molecular flexibility index (Phi) is 4.40. The van der Waals surface area contributed by atoms with Crippen molar-refractivity contribution < 1.29 is 9.13 Å². The first-order valence-electron chi connectivity index (χ1n) is 6.84. The first kappa shape index (κ1) is 14.5. The van der Waals surface area contributed by atoms with Gasteiger partial charge in [-0.25, -0.2) is 4.39 Å². The fraction of sp³-hybridized carbons (Fsp3) is 0.294. The fourth-order valence-corrected chi connectivity index (χ4v) is 2.13. The maximum atomic E-state index is 13.7. The minimum absolute atomic E-state index is 0.256. The van der Waals surface area contributed by atoms with E-state index < -0.39 is 0 Å². The first-order valence-corrected chi connectivity index (χ1v) is 6.84. The highest BCUT2D eigenvalue weighted by molar-refractivity contribution is 5.44. The van der Waals surface area contributed by atoms with Crippen LogP contribution in [0.4, 0.5) is 4.39 Å². The standard InChI is InChI=1S/C17H20FNO/c1-4-13-7-5-6-8-16(13)20-17-9-11(2)15(18)10-14(17)12(3)19/h5-10,12H,4,19H2,1-3H3. The molecule has 0 spiro atoms. The molecule has 2 rings (SSSR count). The molecule has 106 valence electrons. The van der Waals surface area contributed by atoms with Crippen molar-refractivity contribution in [2.45, 2.75) is 33.2 Å². The molecule has 2 nitrogen and oxygen atoms in total. The summed E-state index contributed by atoms with van der Waals surface area (Å²) < 4.78 is 19.7. The number of ether oxygens (including phenoxy) is 1. The maximum absolute atomic E-state index is 13.7. The summed E-state index contributed by atoms with van der Waals surface area (Å²) in [7, 11) is 0. The van der Waals surface area contributed by atoms with Gasteiger partial charge in [-0.05, 0) is 49.6 Å². The first-order chi connectivity index (χ1) is 9.52. The molecule has 0 radical (unpaired) electrons. The van der Waals surface area contributed by atoms with E-state index in [1.807, 2.05) is 31.2 Å². The molecule has 2 aromatic carbocycles. The van der Waals surface area contributed by atoms with Crippen molar-refractivity contribution in [3.8, 4) is 11.5 Å². The van der Waals surface area contributed by atoms with Gasteiger partial charge in [0.1, 0.15) is 17.3 Å². The number of para-hydroxylation sites is 1. The number of nitrogens with two attached hydrogens (primary N) is 1. The normalized spacial score (nSPS) is 12.2. The number of rotatable bonds is 4. The van der Waals surface area contributed by atoms with Crippen LogP contribution in [0.3, 0.4) is 0 Å². The molecule has 1 atom stereocenters. The summed E-state index contributed by atoms with van der Waals surface area (Å²) in [6.45, 7) is 5.62. The van der Waals surface area contributed by atoms with E-state index in [2.05, 4.69) is 6.92 Å². The molecule has 0 saturated heterocycles. The molecule has 1 unspecified atom stereocenters. The number of hydrogen-bond donors (Lipinski definition) is 1. The molecule has 0 fully saturated rings. The summed E-state index contributed by atoms with van der Waals surface area (Å²) in [5, 5.41) is 0. The quantitative estimate of drug-likeness (QED) is 0.889. The summed E-state index contributed by atoms with van der Waals surface area (Å²) in [5.74, 6) is 1.16. The molecule has 0 amide bonds. The highest BCUT2D eigenvalue weighted by Gasteiger charge is 2.14. The fourth-order valence-electron chi connectivity index (χ4n) is 2.13. The minimum Gasteiger partial charge on any atom is -0.457 e. The third-order valence-corrected chi connectivity index (χ3v) is 3.36. The van der Waals surface area contributed by atoms with Crippen LogP contribution in [0.2, 0.25) is 0 Å². The highest BCUT2D eigenvalue weighted by atomic mass is 19.1. The lowest BCUT2D eigenvalue weighted by atomic mass is 10.0. The van der Waals surface area contributed by atoms with E-state index in [0.29, 0.717) is 16.9 Å². The van der Waals surface area contributed by atoms with Crippen LogP contribution >= 0.6 is 0 Å². The van der Waals surface area contributed by atoms with E-state index >= 15 is 0 Å². The summed E-state index contributed by atoms with van der Waals surface area (Å²) in [6, 6.07) is 10.7. The molecule has 0 aliphatic heterocycles. The number of halogens is 1. The predicted octanol–water partition coefficient (Wildman–Crippen LogP) is 4.51. The Labute approximate surface area is 119 Å². The second kappa shape index (κ2) is 6.06. The molecular formula is C17H20FNO. The Morgan fingerprint density at radius 2 is 1.90 bits per heavy atom. The number of hydrogen-bond acceptors (Lipinski definition) is 2. The minimum atomic E-state index is -0.283. The molecule has 0 bridgehead atoms. The van der Waals surface area contributed by atoms with E-state index in [1.54, 1.807) is 13.0 Å². The molecule has 2 N–H and O–H groups in total. The van der Waals surface area contributed by atoms with Crippen molar-refractivity contribution in [1.29, 1.82) is 0 Å². The Balaban J connectivity index is 2.45. The van der Waals surface area contributed by atoms with E-state index in [1.165, 1.54) is 6.07 Å².